The van der Waals surface area contributed by atoms with Gasteiger partial charge < -0.3 is 15.2 Å². The van der Waals surface area contributed by atoms with Gasteiger partial charge in [-0.05, 0) is 37.8 Å². The molecule has 5 nitrogen and oxygen atoms in total. The van der Waals surface area contributed by atoms with Crippen LogP contribution in [0.2, 0.25) is 0 Å². The molecule has 1 fully saturated rings. The summed E-state index contributed by atoms with van der Waals surface area (Å²) < 4.78 is 4.86. The zero-order valence-electron chi connectivity index (χ0n) is 10.8. The van der Waals surface area contributed by atoms with E-state index in [0.29, 0.717) is 5.92 Å². The van der Waals surface area contributed by atoms with E-state index in [-0.39, 0.29) is 29.9 Å². The second-order valence-corrected chi connectivity index (χ2v) is 4.79. The van der Waals surface area contributed by atoms with Crippen molar-refractivity contribution < 1.29 is 19.4 Å². The number of aromatic hydroxyl groups is 1. The summed E-state index contributed by atoms with van der Waals surface area (Å²) in [6, 6.07) is 6.19. The fourth-order valence-corrected chi connectivity index (χ4v) is 1.86. The molecule has 1 atom stereocenters. The van der Waals surface area contributed by atoms with E-state index in [4.69, 9.17) is 4.74 Å². The van der Waals surface area contributed by atoms with Crippen LogP contribution < -0.4 is 5.32 Å². The standard InChI is InChI=1S/C14H17NO4/c1-9(10-6-7-10)15-13(17)8-19-14(18)11-4-2-3-5-12(11)16/h2-5,9-10,16H,6-8H2,1H3,(H,15,17)/t9-/m0/s1. The minimum Gasteiger partial charge on any atom is -0.507 e. The summed E-state index contributed by atoms with van der Waals surface area (Å²) in [4.78, 5) is 23.2. The van der Waals surface area contributed by atoms with Gasteiger partial charge in [-0.25, -0.2) is 4.79 Å². The monoisotopic (exact) mass is 263 g/mol. The van der Waals surface area contributed by atoms with E-state index < -0.39 is 5.97 Å². The first-order valence-electron chi connectivity index (χ1n) is 6.32. The van der Waals surface area contributed by atoms with Crippen LogP contribution in [0.15, 0.2) is 24.3 Å². The molecule has 0 radical (unpaired) electrons. The Morgan fingerprint density at radius 3 is 2.74 bits per heavy atom. The molecule has 0 spiro atoms. The second-order valence-electron chi connectivity index (χ2n) is 4.79. The van der Waals surface area contributed by atoms with Gasteiger partial charge in [0.2, 0.25) is 0 Å². The number of hydrogen-bond donors (Lipinski definition) is 2. The lowest BCUT2D eigenvalue weighted by atomic mass is 10.2. The number of rotatable bonds is 5. The lowest BCUT2D eigenvalue weighted by Gasteiger charge is -2.12. The molecule has 2 N–H and O–H groups in total. The van der Waals surface area contributed by atoms with Crippen molar-refractivity contribution in [3.63, 3.8) is 0 Å². The molecular formula is C14H17NO4. The lowest BCUT2D eigenvalue weighted by Crippen LogP contribution is -2.37. The van der Waals surface area contributed by atoms with Crippen LogP contribution in [-0.4, -0.2) is 29.6 Å². The Labute approximate surface area is 111 Å². The third kappa shape index (κ3) is 3.71. The van der Waals surface area contributed by atoms with Crippen LogP contribution in [0.25, 0.3) is 0 Å². The van der Waals surface area contributed by atoms with Crippen molar-refractivity contribution in [2.24, 2.45) is 5.92 Å². The van der Waals surface area contributed by atoms with E-state index in [9.17, 15) is 14.7 Å². The predicted molar refractivity (Wildman–Crippen MR) is 68.7 cm³/mol. The highest BCUT2D eigenvalue weighted by atomic mass is 16.5. The number of carbonyl (C=O) groups excluding carboxylic acids is 2. The van der Waals surface area contributed by atoms with Gasteiger partial charge in [-0.3, -0.25) is 4.79 Å². The average Bonchev–Trinajstić information content (AvgIpc) is 3.20. The highest BCUT2D eigenvalue weighted by Gasteiger charge is 2.29. The zero-order valence-corrected chi connectivity index (χ0v) is 10.8. The molecule has 19 heavy (non-hydrogen) atoms. The summed E-state index contributed by atoms with van der Waals surface area (Å²) in [5.41, 5.74) is 0.0607. The van der Waals surface area contributed by atoms with Crippen LogP contribution in [0, 0.1) is 5.92 Å². The van der Waals surface area contributed by atoms with Crippen molar-refractivity contribution in [3.8, 4) is 5.75 Å². The van der Waals surface area contributed by atoms with Gasteiger partial charge in [-0.2, -0.15) is 0 Å². The minimum atomic E-state index is -0.702. The van der Waals surface area contributed by atoms with Crippen LogP contribution in [0.5, 0.6) is 5.75 Å². The fraction of sp³-hybridized carbons (Fsp3) is 0.429. The Balaban J connectivity index is 1.80. The smallest absolute Gasteiger partial charge is 0.342 e. The van der Waals surface area contributed by atoms with Gasteiger partial charge in [0.05, 0.1) is 0 Å². The third-order valence-corrected chi connectivity index (χ3v) is 3.18. The van der Waals surface area contributed by atoms with Gasteiger partial charge in [-0.1, -0.05) is 12.1 Å². The Kier molecular flexibility index (Phi) is 4.04. The molecule has 0 bridgehead atoms. The van der Waals surface area contributed by atoms with Crippen LogP contribution in [0.4, 0.5) is 0 Å². The Bertz CT molecular complexity index is 482. The minimum absolute atomic E-state index is 0.0607. The molecule has 1 aromatic carbocycles. The van der Waals surface area contributed by atoms with Crippen molar-refractivity contribution in [3.05, 3.63) is 29.8 Å². The van der Waals surface area contributed by atoms with Gasteiger partial charge in [0.25, 0.3) is 5.91 Å². The number of ether oxygens (including phenoxy) is 1. The number of para-hydroxylation sites is 1. The summed E-state index contributed by atoms with van der Waals surface area (Å²) in [6.07, 6.45) is 2.28. The van der Waals surface area contributed by atoms with Crippen LogP contribution >= 0.6 is 0 Å². The van der Waals surface area contributed by atoms with Crippen molar-refractivity contribution in [1.82, 2.24) is 5.32 Å². The molecule has 5 heteroatoms. The normalized spacial score (nSPS) is 15.6. The van der Waals surface area contributed by atoms with Crippen LogP contribution in [0.3, 0.4) is 0 Å². The van der Waals surface area contributed by atoms with Gasteiger partial charge in [0.1, 0.15) is 11.3 Å². The van der Waals surface area contributed by atoms with Crippen molar-refractivity contribution in [1.29, 1.82) is 0 Å². The van der Waals surface area contributed by atoms with E-state index in [0.717, 1.165) is 12.8 Å². The van der Waals surface area contributed by atoms with Crippen molar-refractivity contribution >= 4 is 11.9 Å². The molecule has 1 aromatic rings. The quantitative estimate of drug-likeness (QED) is 0.789. The number of benzene rings is 1. The summed E-state index contributed by atoms with van der Waals surface area (Å²) in [5, 5.41) is 12.3. The first-order valence-corrected chi connectivity index (χ1v) is 6.32. The largest absolute Gasteiger partial charge is 0.507 e. The van der Waals surface area contributed by atoms with E-state index in [1.807, 2.05) is 6.92 Å². The maximum absolute atomic E-state index is 11.6. The topological polar surface area (TPSA) is 75.6 Å². The van der Waals surface area contributed by atoms with E-state index >= 15 is 0 Å². The number of carbonyl (C=O) groups is 2. The first-order chi connectivity index (χ1) is 9.08. The number of phenolic OH excluding ortho intramolecular Hbond substituents is 1. The van der Waals surface area contributed by atoms with Crippen molar-refractivity contribution in [2.75, 3.05) is 6.61 Å². The van der Waals surface area contributed by atoms with Crippen LogP contribution in [-0.2, 0) is 9.53 Å². The molecule has 0 aromatic heterocycles. The molecule has 1 amide bonds. The maximum atomic E-state index is 11.6. The Morgan fingerprint density at radius 1 is 1.42 bits per heavy atom. The first kappa shape index (κ1) is 13.4. The van der Waals surface area contributed by atoms with Crippen molar-refractivity contribution in [2.45, 2.75) is 25.8 Å². The molecule has 0 aliphatic heterocycles. The zero-order chi connectivity index (χ0) is 13.8. The summed E-state index contributed by atoms with van der Waals surface area (Å²) in [7, 11) is 0. The highest BCUT2D eigenvalue weighted by molar-refractivity contribution is 5.93. The molecule has 0 unspecified atom stereocenters. The van der Waals surface area contributed by atoms with E-state index in [1.165, 1.54) is 12.1 Å². The molecule has 2 rings (SSSR count). The van der Waals surface area contributed by atoms with Crippen LogP contribution in [0.1, 0.15) is 30.1 Å². The summed E-state index contributed by atoms with van der Waals surface area (Å²) in [5.74, 6) is -0.618. The molecule has 0 heterocycles. The number of phenols is 1. The maximum Gasteiger partial charge on any atom is 0.342 e. The number of amides is 1. The fourth-order valence-electron chi connectivity index (χ4n) is 1.86. The van der Waals surface area contributed by atoms with Gasteiger partial charge in [-0.15, -0.1) is 0 Å². The number of nitrogens with one attached hydrogen (secondary N) is 1. The Morgan fingerprint density at radius 2 is 2.11 bits per heavy atom. The Hall–Kier alpha value is -2.04. The molecule has 1 aliphatic carbocycles. The average molecular weight is 263 g/mol. The number of hydrogen-bond acceptors (Lipinski definition) is 4. The predicted octanol–water partition coefficient (Wildman–Crippen LogP) is 1.46. The summed E-state index contributed by atoms with van der Waals surface area (Å²) >= 11 is 0. The molecule has 1 aliphatic rings. The SMILES string of the molecule is C[C@H](NC(=O)COC(=O)c1ccccc1O)C1CC1. The lowest BCUT2D eigenvalue weighted by molar-refractivity contribution is -0.125. The van der Waals surface area contributed by atoms with E-state index in [2.05, 4.69) is 5.32 Å². The van der Waals surface area contributed by atoms with Gasteiger partial charge >= 0.3 is 5.97 Å². The molecule has 0 saturated heterocycles. The summed E-state index contributed by atoms with van der Waals surface area (Å²) in [6.45, 7) is 1.62. The molecule has 1 saturated carbocycles. The molecule has 102 valence electrons. The van der Waals surface area contributed by atoms with Gasteiger partial charge in [0, 0.05) is 6.04 Å². The second kappa shape index (κ2) is 5.73. The van der Waals surface area contributed by atoms with Gasteiger partial charge in [0.15, 0.2) is 6.61 Å². The molecular weight excluding hydrogens is 246 g/mol. The third-order valence-electron chi connectivity index (χ3n) is 3.18. The number of esters is 1. The highest BCUT2D eigenvalue weighted by Crippen LogP contribution is 2.32. The van der Waals surface area contributed by atoms with E-state index in [1.54, 1.807) is 12.1 Å².